The van der Waals surface area contributed by atoms with Crippen LogP contribution in [0, 0.1) is 0 Å². The van der Waals surface area contributed by atoms with Crippen molar-refractivity contribution in [1.82, 2.24) is 4.98 Å². The molecule has 0 saturated heterocycles. The first-order valence-electron chi connectivity index (χ1n) is 4.12. The first-order chi connectivity index (χ1) is 7.51. The van der Waals surface area contributed by atoms with Crippen molar-refractivity contribution >= 4 is 17.6 Å². The summed E-state index contributed by atoms with van der Waals surface area (Å²) < 4.78 is 34.2. The van der Waals surface area contributed by atoms with Crippen LogP contribution in [0.4, 0.5) is 8.78 Å². The van der Waals surface area contributed by atoms with Crippen molar-refractivity contribution in [2.45, 2.75) is 6.43 Å². The molecule has 7 heteroatoms. The monoisotopic (exact) mass is 251 g/mol. The Kier molecular flexibility index (Phi) is 4.00. The van der Waals surface area contributed by atoms with Crippen molar-refractivity contribution in [3.63, 3.8) is 0 Å². The van der Waals surface area contributed by atoms with Crippen molar-refractivity contribution < 1.29 is 23.0 Å². The third-order valence-corrected chi connectivity index (χ3v) is 2.15. The quantitative estimate of drug-likeness (QED) is 0.775. The number of ether oxygens (including phenoxy) is 2. The van der Waals surface area contributed by atoms with E-state index in [0.29, 0.717) is 0 Å². The molecule has 0 radical (unpaired) electrons. The van der Waals surface area contributed by atoms with E-state index in [1.165, 1.54) is 7.11 Å². The molecule has 0 atom stereocenters. The first kappa shape index (κ1) is 12.6. The highest BCUT2D eigenvalue weighted by Gasteiger charge is 2.22. The lowest BCUT2D eigenvalue weighted by atomic mass is 10.2. The van der Waals surface area contributed by atoms with Crippen LogP contribution in [0.25, 0.3) is 0 Å². The van der Waals surface area contributed by atoms with E-state index in [0.717, 1.165) is 13.2 Å². The molecule has 4 nitrogen and oxygen atoms in total. The molecular formula is C9H8ClF2NO3. The highest BCUT2D eigenvalue weighted by atomic mass is 35.5. The van der Waals surface area contributed by atoms with Gasteiger partial charge in [-0.05, 0) is 0 Å². The van der Waals surface area contributed by atoms with Gasteiger partial charge in [0.25, 0.3) is 6.43 Å². The van der Waals surface area contributed by atoms with Crippen molar-refractivity contribution in [1.29, 1.82) is 0 Å². The molecule has 0 N–H and O–H groups in total. The molecular weight excluding hydrogens is 244 g/mol. The SMILES string of the molecule is COC(=O)c1cc(OC)c(Cl)c(C(F)F)n1. The van der Waals surface area contributed by atoms with Crippen LogP contribution in [-0.2, 0) is 4.74 Å². The van der Waals surface area contributed by atoms with Gasteiger partial charge < -0.3 is 9.47 Å². The Morgan fingerprint density at radius 3 is 2.56 bits per heavy atom. The van der Waals surface area contributed by atoms with E-state index in [1.807, 2.05) is 0 Å². The maximum Gasteiger partial charge on any atom is 0.356 e. The highest BCUT2D eigenvalue weighted by Crippen LogP contribution is 2.33. The second-order valence-corrected chi connectivity index (χ2v) is 3.08. The number of hydrogen-bond acceptors (Lipinski definition) is 4. The van der Waals surface area contributed by atoms with Crippen LogP contribution in [0.5, 0.6) is 5.75 Å². The van der Waals surface area contributed by atoms with Gasteiger partial charge in [0.1, 0.15) is 16.5 Å². The van der Waals surface area contributed by atoms with Gasteiger partial charge in [-0.3, -0.25) is 0 Å². The minimum Gasteiger partial charge on any atom is -0.495 e. The zero-order chi connectivity index (χ0) is 12.3. The number of methoxy groups -OCH3 is 2. The Hall–Kier alpha value is -1.43. The maximum atomic E-state index is 12.5. The molecule has 0 bridgehead atoms. The number of aromatic nitrogens is 1. The Morgan fingerprint density at radius 1 is 1.50 bits per heavy atom. The molecule has 0 aliphatic carbocycles. The van der Waals surface area contributed by atoms with Crippen molar-refractivity contribution in [3.05, 3.63) is 22.5 Å². The lowest BCUT2D eigenvalue weighted by molar-refractivity contribution is 0.0592. The molecule has 0 aromatic carbocycles. The fraction of sp³-hybridized carbons (Fsp3) is 0.333. The summed E-state index contributed by atoms with van der Waals surface area (Å²) in [5, 5.41) is -0.315. The molecule has 1 aromatic heterocycles. The van der Waals surface area contributed by atoms with Gasteiger partial charge in [0.2, 0.25) is 0 Å². The molecule has 0 spiro atoms. The zero-order valence-electron chi connectivity index (χ0n) is 8.46. The number of hydrogen-bond donors (Lipinski definition) is 0. The van der Waals surface area contributed by atoms with E-state index in [-0.39, 0.29) is 16.5 Å². The van der Waals surface area contributed by atoms with Crippen LogP contribution in [0.1, 0.15) is 22.6 Å². The van der Waals surface area contributed by atoms with Gasteiger partial charge in [0, 0.05) is 6.07 Å². The van der Waals surface area contributed by atoms with Gasteiger partial charge in [-0.25, -0.2) is 18.6 Å². The van der Waals surface area contributed by atoms with E-state index in [2.05, 4.69) is 9.72 Å². The molecule has 1 aromatic rings. The maximum absolute atomic E-state index is 12.5. The number of carbonyl (C=O) groups is 1. The van der Waals surface area contributed by atoms with Crippen molar-refractivity contribution in [2.24, 2.45) is 0 Å². The number of rotatable bonds is 3. The summed E-state index contributed by atoms with van der Waals surface area (Å²) in [5.41, 5.74) is -0.986. The summed E-state index contributed by atoms with van der Waals surface area (Å²) in [6, 6.07) is 1.14. The largest absolute Gasteiger partial charge is 0.495 e. The Bertz CT molecular complexity index is 412. The summed E-state index contributed by atoms with van der Waals surface area (Å²) >= 11 is 5.60. The third-order valence-electron chi connectivity index (χ3n) is 1.77. The second kappa shape index (κ2) is 5.07. The molecule has 0 unspecified atom stereocenters. The molecule has 0 aliphatic heterocycles. The smallest absolute Gasteiger partial charge is 0.356 e. The van der Waals surface area contributed by atoms with Crippen molar-refractivity contribution in [3.8, 4) is 5.75 Å². The summed E-state index contributed by atoms with van der Waals surface area (Å²) in [7, 11) is 2.37. The topological polar surface area (TPSA) is 48.4 Å². The molecule has 1 rings (SSSR count). The lowest BCUT2D eigenvalue weighted by Crippen LogP contribution is -2.08. The number of carbonyl (C=O) groups excluding carboxylic acids is 1. The third kappa shape index (κ3) is 2.38. The predicted molar refractivity (Wildman–Crippen MR) is 52.1 cm³/mol. The standard InChI is InChI=1S/C9H8ClF2NO3/c1-15-5-3-4(9(14)16-2)13-7(6(5)10)8(11)12/h3,8H,1-2H3. The van der Waals surface area contributed by atoms with Gasteiger partial charge in [-0.1, -0.05) is 11.6 Å². The first-order valence-corrected chi connectivity index (χ1v) is 4.50. The Balaban J connectivity index is 3.34. The number of esters is 1. The van der Waals surface area contributed by atoms with Gasteiger partial charge in [-0.15, -0.1) is 0 Å². The van der Waals surface area contributed by atoms with Gasteiger partial charge in [0.05, 0.1) is 14.2 Å². The van der Waals surface area contributed by atoms with Crippen molar-refractivity contribution in [2.75, 3.05) is 14.2 Å². The summed E-state index contributed by atoms with van der Waals surface area (Å²) in [6.45, 7) is 0. The molecule has 88 valence electrons. The van der Waals surface area contributed by atoms with Gasteiger partial charge in [-0.2, -0.15) is 0 Å². The molecule has 0 saturated carbocycles. The molecule has 0 amide bonds. The van der Waals surface area contributed by atoms with Gasteiger partial charge >= 0.3 is 5.97 Å². The average molecular weight is 252 g/mol. The fourth-order valence-corrected chi connectivity index (χ4v) is 1.28. The predicted octanol–water partition coefficient (Wildman–Crippen LogP) is 2.47. The van der Waals surface area contributed by atoms with E-state index >= 15 is 0 Å². The minimum atomic E-state index is -2.90. The van der Waals surface area contributed by atoms with Crippen LogP contribution < -0.4 is 4.74 Å². The fourth-order valence-electron chi connectivity index (χ4n) is 1.03. The van der Waals surface area contributed by atoms with Crippen LogP contribution in [0.2, 0.25) is 5.02 Å². The van der Waals surface area contributed by atoms with E-state index in [1.54, 1.807) is 0 Å². The number of nitrogens with zero attached hydrogens (tertiary/aromatic N) is 1. The Morgan fingerprint density at radius 2 is 2.12 bits per heavy atom. The molecule has 1 heterocycles. The molecule has 16 heavy (non-hydrogen) atoms. The minimum absolute atomic E-state index is 0.0487. The lowest BCUT2D eigenvalue weighted by Gasteiger charge is -2.09. The van der Waals surface area contributed by atoms with E-state index in [4.69, 9.17) is 16.3 Å². The van der Waals surface area contributed by atoms with E-state index in [9.17, 15) is 13.6 Å². The second-order valence-electron chi connectivity index (χ2n) is 2.70. The van der Waals surface area contributed by atoms with Crippen LogP contribution >= 0.6 is 11.6 Å². The Labute approximate surface area is 95.1 Å². The van der Waals surface area contributed by atoms with Crippen LogP contribution in [0.3, 0.4) is 0 Å². The average Bonchev–Trinajstić information content (AvgIpc) is 2.27. The van der Waals surface area contributed by atoms with Crippen LogP contribution in [-0.4, -0.2) is 25.2 Å². The number of halogens is 3. The number of alkyl halides is 2. The summed E-state index contributed by atoms with van der Waals surface area (Å²) in [4.78, 5) is 14.6. The van der Waals surface area contributed by atoms with E-state index < -0.39 is 18.1 Å². The van der Waals surface area contributed by atoms with Gasteiger partial charge in [0.15, 0.2) is 5.69 Å². The highest BCUT2D eigenvalue weighted by molar-refractivity contribution is 6.32. The zero-order valence-corrected chi connectivity index (χ0v) is 9.22. The van der Waals surface area contributed by atoms with Crippen LogP contribution in [0.15, 0.2) is 6.07 Å². The normalized spacial score (nSPS) is 10.4. The summed E-state index contributed by atoms with van der Waals surface area (Å²) in [6.07, 6.45) is -2.90. The molecule has 0 fully saturated rings. The summed E-state index contributed by atoms with van der Waals surface area (Å²) in [5.74, 6) is -0.885. The molecule has 0 aliphatic rings. The number of pyridine rings is 1.